The minimum atomic E-state index is -2.50. The van der Waals surface area contributed by atoms with Crippen molar-refractivity contribution in [1.82, 2.24) is 24.7 Å². The van der Waals surface area contributed by atoms with Crippen molar-refractivity contribution >= 4 is 17.5 Å². The molecule has 2 aromatic heterocycles. The van der Waals surface area contributed by atoms with Crippen LogP contribution in [-0.2, 0) is 0 Å². The van der Waals surface area contributed by atoms with Gasteiger partial charge in [-0.15, -0.1) is 0 Å². The van der Waals surface area contributed by atoms with Gasteiger partial charge in [-0.1, -0.05) is 0 Å². The quantitative estimate of drug-likeness (QED) is 0.900. The molecule has 17 heavy (non-hydrogen) atoms. The Balaban J connectivity index is 2.24. The fourth-order valence-corrected chi connectivity index (χ4v) is 1.23. The van der Waals surface area contributed by atoms with Gasteiger partial charge in [-0.05, 0) is 17.7 Å². The highest BCUT2D eigenvalue weighted by atomic mass is 35.5. The van der Waals surface area contributed by atoms with Gasteiger partial charge in [0.25, 0.3) is 12.4 Å². The number of nitrogens with one attached hydrogen (secondary N) is 1. The topological polar surface area (TPSA) is 68.5 Å². The summed E-state index contributed by atoms with van der Waals surface area (Å²) in [6.45, 7) is -0.557. The summed E-state index contributed by atoms with van der Waals surface area (Å²) in [4.78, 5) is 11.4. The number of rotatable bonds is 4. The van der Waals surface area contributed by atoms with E-state index in [1.807, 2.05) is 0 Å². The van der Waals surface area contributed by atoms with E-state index >= 15 is 0 Å². The zero-order valence-electron chi connectivity index (χ0n) is 8.39. The summed E-state index contributed by atoms with van der Waals surface area (Å²) in [5, 5.41) is 6.15. The minimum Gasteiger partial charge on any atom is -0.348 e. The molecule has 2 rings (SSSR count). The van der Waals surface area contributed by atoms with Crippen molar-refractivity contribution in [2.45, 2.75) is 6.43 Å². The maximum Gasteiger partial charge on any atom is 0.256 e. The van der Waals surface area contributed by atoms with Crippen molar-refractivity contribution in [3.05, 3.63) is 23.7 Å². The van der Waals surface area contributed by atoms with Gasteiger partial charge in [0.15, 0.2) is 0 Å². The molecule has 0 unspecified atom stereocenters. The fourth-order valence-electron chi connectivity index (χ4n) is 1.08. The lowest BCUT2D eigenvalue weighted by Gasteiger charge is -2.05. The monoisotopic (exact) mass is 260 g/mol. The first-order valence-corrected chi connectivity index (χ1v) is 4.96. The van der Waals surface area contributed by atoms with Gasteiger partial charge < -0.3 is 5.32 Å². The minimum absolute atomic E-state index is 0.0178. The van der Waals surface area contributed by atoms with E-state index in [1.54, 1.807) is 12.3 Å². The molecule has 0 atom stereocenters. The van der Waals surface area contributed by atoms with E-state index < -0.39 is 13.0 Å². The third kappa shape index (κ3) is 3.06. The number of nitrogens with zero attached hydrogens (tertiary/aromatic N) is 5. The Bertz CT molecular complexity index is 489. The molecule has 2 heterocycles. The number of halogens is 3. The van der Waals surface area contributed by atoms with Gasteiger partial charge in [-0.2, -0.15) is 20.1 Å². The first kappa shape index (κ1) is 11.6. The highest BCUT2D eigenvalue weighted by molar-refractivity contribution is 6.28. The van der Waals surface area contributed by atoms with Crippen LogP contribution in [0.15, 0.2) is 18.5 Å². The van der Waals surface area contributed by atoms with E-state index in [2.05, 4.69) is 25.4 Å². The van der Waals surface area contributed by atoms with Crippen LogP contribution in [0.2, 0.25) is 5.28 Å². The molecule has 90 valence electrons. The van der Waals surface area contributed by atoms with Gasteiger partial charge in [-0.25, -0.2) is 13.5 Å². The summed E-state index contributed by atoms with van der Waals surface area (Å²) in [5.41, 5.74) is 0. The average Bonchev–Trinajstić information content (AvgIpc) is 2.79. The number of anilines is 1. The Labute approximate surface area is 99.7 Å². The summed E-state index contributed by atoms with van der Waals surface area (Å²) >= 11 is 5.65. The zero-order chi connectivity index (χ0) is 12.3. The molecule has 0 bridgehead atoms. The molecule has 0 aliphatic carbocycles. The summed E-state index contributed by atoms with van der Waals surface area (Å²) in [7, 11) is 0. The second kappa shape index (κ2) is 5.00. The van der Waals surface area contributed by atoms with E-state index in [-0.39, 0.29) is 17.2 Å². The fraction of sp³-hybridized carbons (Fsp3) is 0.250. The third-order valence-electron chi connectivity index (χ3n) is 1.72. The third-order valence-corrected chi connectivity index (χ3v) is 1.89. The van der Waals surface area contributed by atoms with Crippen molar-refractivity contribution in [3.63, 3.8) is 0 Å². The van der Waals surface area contributed by atoms with Gasteiger partial charge in [0.1, 0.15) is 0 Å². The molecule has 0 aliphatic rings. The lowest BCUT2D eigenvalue weighted by Crippen LogP contribution is -2.14. The van der Waals surface area contributed by atoms with Crippen LogP contribution < -0.4 is 5.32 Å². The molecule has 1 N–H and O–H groups in total. The van der Waals surface area contributed by atoms with Gasteiger partial charge >= 0.3 is 0 Å². The maximum absolute atomic E-state index is 12.0. The molecule has 0 saturated heterocycles. The Morgan fingerprint density at radius 1 is 1.35 bits per heavy atom. The Morgan fingerprint density at radius 3 is 2.82 bits per heavy atom. The summed E-state index contributed by atoms with van der Waals surface area (Å²) in [6, 6.07) is 1.67. The van der Waals surface area contributed by atoms with Gasteiger partial charge in [-0.3, -0.25) is 0 Å². The Hall–Kier alpha value is -1.83. The van der Waals surface area contributed by atoms with E-state index in [4.69, 9.17) is 11.6 Å². The maximum atomic E-state index is 12.0. The molecule has 0 fully saturated rings. The average molecular weight is 261 g/mol. The van der Waals surface area contributed by atoms with Crippen LogP contribution in [0.25, 0.3) is 5.95 Å². The molecule has 0 aromatic carbocycles. The lowest BCUT2D eigenvalue weighted by molar-refractivity contribution is 0.163. The molecule has 9 heteroatoms. The zero-order valence-corrected chi connectivity index (χ0v) is 9.14. The lowest BCUT2D eigenvalue weighted by atomic mass is 10.6. The molecule has 0 radical (unpaired) electrons. The van der Waals surface area contributed by atoms with Crippen LogP contribution in [0.4, 0.5) is 14.7 Å². The van der Waals surface area contributed by atoms with E-state index in [9.17, 15) is 8.78 Å². The van der Waals surface area contributed by atoms with Crippen molar-refractivity contribution in [2.75, 3.05) is 11.9 Å². The molecule has 6 nitrogen and oxygen atoms in total. The second-order valence-corrected chi connectivity index (χ2v) is 3.29. The van der Waals surface area contributed by atoms with Crippen molar-refractivity contribution in [2.24, 2.45) is 0 Å². The van der Waals surface area contributed by atoms with Crippen molar-refractivity contribution in [3.8, 4) is 5.95 Å². The summed E-state index contributed by atoms with van der Waals surface area (Å²) < 4.78 is 25.4. The number of alkyl halides is 2. The highest BCUT2D eigenvalue weighted by Crippen LogP contribution is 2.09. The first-order chi connectivity index (χ1) is 8.15. The van der Waals surface area contributed by atoms with Gasteiger partial charge in [0, 0.05) is 12.4 Å². The molecule has 0 saturated carbocycles. The van der Waals surface area contributed by atoms with Crippen molar-refractivity contribution < 1.29 is 8.78 Å². The molecular formula is C8H7ClF2N6. The van der Waals surface area contributed by atoms with Crippen LogP contribution in [0.3, 0.4) is 0 Å². The predicted molar refractivity (Wildman–Crippen MR) is 56.5 cm³/mol. The smallest absolute Gasteiger partial charge is 0.256 e. The van der Waals surface area contributed by atoms with E-state index in [0.717, 1.165) is 0 Å². The van der Waals surface area contributed by atoms with Crippen molar-refractivity contribution in [1.29, 1.82) is 0 Å². The summed E-state index contributed by atoms with van der Waals surface area (Å²) in [6.07, 6.45) is 0.630. The Morgan fingerprint density at radius 2 is 2.18 bits per heavy atom. The Kier molecular flexibility index (Phi) is 3.43. The van der Waals surface area contributed by atoms with Crippen LogP contribution in [-0.4, -0.2) is 37.7 Å². The number of hydrogen-bond donors (Lipinski definition) is 1. The van der Waals surface area contributed by atoms with Crippen LogP contribution >= 0.6 is 11.6 Å². The normalized spacial score (nSPS) is 10.8. The SMILES string of the molecule is FC(F)CNc1nc(Cl)nc(-n2cccn2)n1. The molecular weight excluding hydrogens is 254 g/mol. The van der Waals surface area contributed by atoms with Crippen LogP contribution in [0.1, 0.15) is 0 Å². The molecule has 0 spiro atoms. The number of hydrogen-bond acceptors (Lipinski definition) is 5. The van der Waals surface area contributed by atoms with E-state index in [0.29, 0.717) is 0 Å². The predicted octanol–water partition coefficient (Wildman–Crippen LogP) is 1.39. The summed E-state index contributed by atoms with van der Waals surface area (Å²) in [5.74, 6) is 0.141. The second-order valence-electron chi connectivity index (χ2n) is 2.95. The molecule has 2 aromatic rings. The standard InChI is InChI=1S/C8H7ClF2N6/c9-6-14-7(12-4-5(10)11)16-8(15-6)17-3-1-2-13-17/h1-3,5H,4H2,(H,12,14,15,16). The van der Waals surface area contributed by atoms with E-state index in [1.165, 1.54) is 10.9 Å². The molecule has 0 amide bonds. The van der Waals surface area contributed by atoms with Gasteiger partial charge in [0.2, 0.25) is 11.2 Å². The first-order valence-electron chi connectivity index (χ1n) is 4.59. The van der Waals surface area contributed by atoms with Crippen LogP contribution in [0.5, 0.6) is 0 Å². The van der Waals surface area contributed by atoms with Crippen LogP contribution in [0, 0.1) is 0 Å². The molecule has 0 aliphatic heterocycles. The van der Waals surface area contributed by atoms with Gasteiger partial charge in [0.05, 0.1) is 6.54 Å². The largest absolute Gasteiger partial charge is 0.348 e. The number of aromatic nitrogens is 5. The highest BCUT2D eigenvalue weighted by Gasteiger charge is 2.08.